The van der Waals surface area contributed by atoms with E-state index < -0.39 is 0 Å². The van der Waals surface area contributed by atoms with Crippen LogP contribution in [0.15, 0.2) is 64.8 Å². The molecule has 0 unspecified atom stereocenters. The number of nitrogens with zero attached hydrogens (tertiary/aromatic N) is 1. The first-order valence-corrected chi connectivity index (χ1v) is 9.48. The highest BCUT2D eigenvalue weighted by Gasteiger charge is 2.12. The fourth-order valence-corrected chi connectivity index (χ4v) is 4.03. The Balaban J connectivity index is 1.57. The molecule has 0 aliphatic rings. The third kappa shape index (κ3) is 3.42. The van der Waals surface area contributed by atoms with Gasteiger partial charge >= 0.3 is 0 Å². The highest BCUT2D eigenvalue weighted by molar-refractivity contribution is 7.17. The first kappa shape index (κ1) is 17.0. The molecule has 2 N–H and O–H groups in total. The summed E-state index contributed by atoms with van der Waals surface area (Å²) >= 11 is 7.65. The zero-order chi connectivity index (χ0) is 17.9. The lowest BCUT2D eigenvalue weighted by Crippen LogP contribution is -2.19. The molecule has 0 saturated carbocycles. The van der Waals surface area contributed by atoms with E-state index in [1.165, 1.54) is 11.3 Å². The SMILES string of the molecule is O=c1[nH]c(CNCc2ccccc2Cl)nc2scc(-c3ccccc3)c12. The maximum atomic E-state index is 12.6. The summed E-state index contributed by atoms with van der Waals surface area (Å²) in [6.07, 6.45) is 0. The van der Waals surface area contributed by atoms with Gasteiger partial charge in [-0.3, -0.25) is 4.79 Å². The van der Waals surface area contributed by atoms with Gasteiger partial charge < -0.3 is 10.3 Å². The summed E-state index contributed by atoms with van der Waals surface area (Å²) in [4.78, 5) is 20.9. The minimum atomic E-state index is -0.107. The van der Waals surface area contributed by atoms with Crippen molar-refractivity contribution >= 4 is 33.2 Å². The van der Waals surface area contributed by atoms with E-state index in [0.717, 1.165) is 26.5 Å². The second-order valence-corrected chi connectivity index (χ2v) is 7.17. The van der Waals surface area contributed by atoms with E-state index >= 15 is 0 Å². The predicted octanol–water partition coefficient (Wildman–Crippen LogP) is 4.59. The summed E-state index contributed by atoms with van der Waals surface area (Å²) in [5.74, 6) is 0.621. The van der Waals surface area contributed by atoms with Crippen LogP contribution in [0, 0.1) is 0 Å². The molecular formula is C20H16ClN3OS. The summed E-state index contributed by atoms with van der Waals surface area (Å²) in [5.41, 5.74) is 2.86. The van der Waals surface area contributed by atoms with Crippen LogP contribution in [0.5, 0.6) is 0 Å². The molecule has 0 atom stereocenters. The molecule has 2 heterocycles. The predicted molar refractivity (Wildman–Crippen MR) is 108 cm³/mol. The molecule has 0 aliphatic heterocycles. The van der Waals surface area contributed by atoms with Crippen LogP contribution >= 0.6 is 22.9 Å². The molecule has 6 heteroatoms. The van der Waals surface area contributed by atoms with Gasteiger partial charge in [0.25, 0.3) is 5.56 Å². The van der Waals surface area contributed by atoms with Crippen LogP contribution in [-0.4, -0.2) is 9.97 Å². The second kappa shape index (κ2) is 7.41. The number of hydrogen-bond donors (Lipinski definition) is 2. The molecule has 0 amide bonds. The van der Waals surface area contributed by atoms with E-state index in [9.17, 15) is 4.79 Å². The van der Waals surface area contributed by atoms with E-state index in [2.05, 4.69) is 15.3 Å². The number of fused-ring (bicyclic) bond motifs is 1. The smallest absolute Gasteiger partial charge is 0.260 e. The molecule has 0 aliphatic carbocycles. The van der Waals surface area contributed by atoms with Gasteiger partial charge in [0.15, 0.2) is 0 Å². The van der Waals surface area contributed by atoms with Gasteiger partial charge in [0.2, 0.25) is 0 Å². The summed E-state index contributed by atoms with van der Waals surface area (Å²) in [7, 11) is 0. The van der Waals surface area contributed by atoms with Crippen molar-refractivity contribution in [3.05, 3.63) is 86.7 Å². The molecular weight excluding hydrogens is 366 g/mol. The molecule has 0 radical (unpaired) electrons. The first-order valence-electron chi connectivity index (χ1n) is 8.22. The number of aromatic amines is 1. The molecule has 4 nitrogen and oxygen atoms in total. The molecule has 2 aromatic heterocycles. The van der Waals surface area contributed by atoms with Crippen molar-refractivity contribution in [2.45, 2.75) is 13.1 Å². The summed E-state index contributed by atoms with van der Waals surface area (Å²) in [6.45, 7) is 1.08. The van der Waals surface area contributed by atoms with Crippen molar-refractivity contribution in [3.8, 4) is 11.1 Å². The van der Waals surface area contributed by atoms with Crippen LogP contribution in [0.1, 0.15) is 11.4 Å². The average Bonchev–Trinajstić information content (AvgIpc) is 3.09. The highest BCUT2D eigenvalue weighted by Crippen LogP contribution is 2.30. The Bertz CT molecular complexity index is 1100. The second-order valence-electron chi connectivity index (χ2n) is 5.90. The Kier molecular flexibility index (Phi) is 4.84. The number of thiophene rings is 1. The fraction of sp³-hybridized carbons (Fsp3) is 0.100. The molecule has 4 rings (SSSR count). The van der Waals surface area contributed by atoms with Gasteiger partial charge in [-0.1, -0.05) is 60.1 Å². The number of aromatic nitrogens is 2. The first-order chi connectivity index (χ1) is 12.7. The number of H-pyrrole nitrogens is 1. The lowest BCUT2D eigenvalue weighted by Gasteiger charge is -2.06. The van der Waals surface area contributed by atoms with E-state index in [1.807, 2.05) is 60.0 Å². The molecule has 0 spiro atoms. The summed E-state index contributed by atoms with van der Waals surface area (Å²) in [5, 5.41) is 6.64. The van der Waals surface area contributed by atoms with Crippen molar-refractivity contribution in [2.24, 2.45) is 0 Å². The third-order valence-electron chi connectivity index (χ3n) is 4.14. The zero-order valence-electron chi connectivity index (χ0n) is 13.8. The minimum Gasteiger partial charge on any atom is -0.309 e. The Morgan fingerprint density at radius 2 is 1.81 bits per heavy atom. The molecule has 4 aromatic rings. The van der Waals surface area contributed by atoms with Crippen LogP contribution in [-0.2, 0) is 13.1 Å². The Labute approximate surface area is 159 Å². The molecule has 0 bridgehead atoms. The van der Waals surface area contributed by atoms with Crippen LogP contribution < -0.4 is 10.9 Å². The average molecular weight is 382 g/mol. The Morgan fingerprint density at radius 1 is 1.04 bits per heavy atom. The van der Waals surface area contributed by atoms with Gasteiger partial charge in [0, 0.05) is 22.5 Å². The topological polar surface area (TPSA) is 57.8 Å². The molecule has 26 heavy (non-hydrogen) atoms. The lowest BCUT2D eigenvalue weighted by molar-refractivity contribution is 0.664. The Morgan fingerprint density at radius 3 is 2.62 bits per heavy atom. The van der Waals surface area contributed by atoms with Crippen molar-refractivity contribution < 1.29 is 0 Å². The van der Waals surface area contributed by atoms with Gasteiger partial charge in [0.05, 0.1) is 11.9 Å². The molecule has 130 valence electrons. The normalized spacial score (nSPS) is 11.1. The summed E-state index contributed by atoms with van der Waals surface area (Å²) < 4.78 is 0. The van der Waals surface area contributed by atoms with Gasteiger partial charge in [0.1, 0.15) is 10.7 Å². The van der Waals surface area contributed by atoms with Crippen molar-refractivity contribution in [2.75, 3.05) is 0 Å². The van der Waals surface area contributed by atoms with Crippen LogP contribution in [0.2, 0.25) is 5.02 Å². The number of benzene rings is 2. The van der Waals surface area contributed by atoms with E-state index in [0.29, 0.717) is 24.3 Å². The van der Waals surface area contributed by atoms with E-state index in [4.69, 9.17) is 11.6 Å². The lowest BCUT2D eigenvalue weighted by atomic mass is 10.1. The highest BCUT2D eigenvalue weighted by atomic mass is 35.5. The van der Waals surface area contributed by atoms with Crippen LogP contribution in [0.3, 0.4) is 0 Å². The maximum Gasteiger partial charge on any atom is 0.260 e. The minimum absolute atomic E-state index is 0.107. The number of rotatable bonds is 5. The molecule has 2 aromatic carbocycles. The monoisotopic (exact) mass is 381 g/mol. The van der Waals surface area contributed by atoms with Crippen LogP contribution in [0.25, 0.3) is 21.3 Å². The number of nitrogens with one attached hydrogen (secondary N) is 2. The van der Waals surface area contributed by atoms with Gasteiger partial charge in [-0.05, 0) is 17.2 Å². The van der Waals surface area contributed by atoms with Crippen molar-refractivity contribution in [3.63, 3.8) is 0 Å². The summed E-state index contributed by atoms with van der Waals surface area (Å²) in [6, 6.07) is 17.6. The molecule has 0 fully saturated rings. The zero-order valence-corrected chi connectivity index (χ0v) is 15.4. The quantitative estimate of drug-likeness (QED) is 0.531. The van der Waals surface area contributed by atoms with Gasteiger partial charge in [-0.15, -0.1) is 11.3 Å². The van der Waals surface area contributed by atoms with Crippen LogP contribution in [0.4, 0.5) is 0 Å². The third-order valence-corrected chi connectivity index (χ3v) is 5.38. The molecule has 0 saturated heterocycles. The van der Waals surface area contributed by atoms with Gasteiger partial charge in [-0.2, -0.15) is 0 Å². The van der Waals surface area contributed by atoms with Gasteiger partial charge in [-0.25, -0.2) is 4.98 Å². The fourth-order valence-electron chi connectivity index (χ4n) is 2.86. The number of halogens is 1. The largest absolute Gasteiger partial charge is 0.309 e. The number of hydrogen-bond acceptors (Lipinski definition) is 4. The maximum absolute atomic E-state index is 12.6. The van der Waals surface area contributed by atoms with E-state index in [1.54, 1.807) is 0 Å². The van der Waals surface area contributed by atoms with Crippen molar-refractivity contribution in [1.29, 1.82) is 0 Å². The Hall–Kier alpha value is -2.47. The van der Waals surface area contributed by atoms with Crippen molar-refractivity contribution in [1.82, 2.24) is 15.3 Å². The standard InChI is InChI=1S/C20H16ClN3OS/c21-16-9-5-4-8-14(16)10-22-11-17-23-19(25)18-15(12-26-20(18)24-17)13-6-2-1-3-7-13/h1-9,12,22H,10-11H2,(H,23,24,25). The van der Waals surface area contributed by atoms with E-state index in [-0.39, 0.29) is 5.56 Å².